The predicted molar refractivity (Wildman–Crippen MR) is 108 cm³/mol. The van der Waals surface area contributed by atoms with Gasteiger partial charge in [-0.25, -0.2) is 0 Å². The molecule has 0 N–H and O–H groups in total. The van der Waals surface area contributed by atoms with Gasteiger partial charge in [0.1, 0.15) is 0 Å². The normalized spacial score (nSPS) is 11.2. The fraction of sp³-hybridized carbons (Fsp3) is 1.00. The van der Waals surface area contributed by atoms with Crippen LogP contribution in [0.25, 0.3) is 0 Å². The third-order valence-corrected chi connectivity index (χ3v) is 5.85. The molecule has 0 aliphatic carbocycles. The fourth-order valence-corrected chi connectivity index (χ4v) is 3.96. The zero-order valence-corrected chi connectivity index (χ0v) is 16.8. The van der Waals surface area contributed by atoms with Crippen molar-refractivity contribution in [2.24, 2.45) is 0 Å². The van der Waals surface area contributed by atoms with Crippen LogP contribution in [0.1, 0.15) is 110 Å². The molecule has 134 valence electrons. The number of hydrogen-bond acceptors (Lipinski definition) is 1. The van der Waals surface area contributed by atoms with Gasteiger partial charge < -0.3 is 0 Å². The lowest BCUT2D eigenvalue weighted by atomic mass is 10.0. The number of thioether (sulfide) groups is 1. The Hall–Kier alpha value is 0.640. The molecule has 0 rings (SSSR count). The number of rotatable bonds is 19. The summed E-state index contributed by atoms with van der Waals surface area (Å²) in [5.41, 5.74) is 0. The highest BCUT2D eigenvalue weighted by molar-refractivity contribution is 7.99. The maximum Gasteiger partial charge on any atom is 0.0314 e. The predicted octanol–water partition coefficient (Wildman–Crippen LogP) is 8.22. The molecule has 0 spiro atoms. The second-order valence-electron chi connectivity index (χ2n) is 6.60. The van der Waals surface area contributed by atoms with Crippen molar-refractivity contribution in [2.75, 3.05) is 17.4 Å². The Morgan fingerprint density at radius 1 is 0.500 bits per heavy atom. The van der Waals surface area contributed by atoms with Crippen LogP contribution < -0.4 is 0 Å². The van der Waals surface area contributed by atoms with Crippen molar-refractivity contribution in [3.63, 3.8) is 0 Å². The van der Waals surface area contributed by atoms with Crippen molar-refractivity contribution >= 4 is 23.4 Å². The van der Waals surface area contributed by atoms with Crippen LogP contribution >= 0.6 is 23.4 Å². The average Bonchev–Trinajstić information content (AvgIpc) is 2.54. The Labute approximate surface area is 150 Å². The molecular formula is C20H41ClS. The van der Waals surface area contributed by atoms with Gasteiger partial charge in [0, 0.05) is 11.6 Å². The highest BCUT2D eigenvalue weighted by Crippen LogP contribution is 2.14. The highest BCUT2D eigenvalue weighted by Gasteiger charge is 1.95. The van der Waals surface area contributed by atoms with Crippen LogP contribution in [-0.2, 0) is 0 Å². The summed E-state index contributed by atoms with van der Waals surface area (Å²) in [5.74, 6) is 3.25. The maximum atomic E-state index is 5.66. The summed E-state index contributed by atoms with van der Waals surface area (Å²) >= 11 is 7.67. The molecule has 0 fully saturated rings. The van der Waals surface area contributed by atoms with E-state index >= 15 is 0 Å². The van der Waals surface area contributed by atoms with Gasteiger partial charge in [0.2, 0.25) is 0 Å². The molecule has 0 aromatic rings. The van der Waals surface area contributed by atoms with Gasteiger partial charge in [-0.1, -0.05) is 103 Å². The second kappa shape index (κ2) is 21.6. The van der Waals surface area contributed by atoms with Gasteiger partial charge in [-0.3, -0.25) is 0 Å². The Balaban J connectivity index is 2.91. The molecular weight excluding hydrogens is 308 g/mol. The summed E-state index contributed by atoms with van der Waals surface area (Å²) in [6.07, 6.45) is 23.2. The molecule has 0 amide bonds. The minimum atomic E-state index is 0.809. The van der Waals surface area contributed by atoms with E-state index in [1.54, 1.807) is 0 Å². The van der Waals surface area contributed by atoms with Gasteiger partial charge in [0.25, 0.3) is 0 Å². The zero-order valence-electron chi connectivity index (χ0n) is 15.2. The summed E-state index contributed by atoms with van der Waals surface area (Å²) in [5, 5.41) is 0. The van der Waals surface area contributed by atoms with E-state index in [0.717, 1.165) is 11.6 Å². The van der Waals surface area contributed by atoms with Crippen LogP contribution in [0.2, 0.25) is 0 Å². The summed E-state index contributed by atoms with van der Waals surface area (Å²) < 4.78 is 0. The van der Waals surface area contributed by atoms with Crippen molar-refractivity contribution in [1.82, 2.24) is 0 Å². The minimum absolute atomic E-state index is 0.809. The Morgan fingerprint density at radius 2 is 0.864 bits per heavy atom. The van der Waals surface area contributed by atoms with E-state index in [2.05, 4.69) is 6.92 Å². The first-order valence-electron chi connectivity index (χ1n) is 10.1. The van der Waals surface area contributed by atoms with Crippen molar-refractivity contribution in [3.8, 4) is 0 Å². The largest absolute Gasteiger partial charge is 0.161 e. The van der Waals surface area contributed by atoms with Crippen LogP contribution in [0.3, 0.4) is 0 Å². The molecule has 0 heterocycles. The molecule has 0 saturated heterocycles. The number of halogens is 1. The van der Waals surface area contributed by atoms with Crippen LogP contribution in [0.5, 0.6) is 0 Å². The van der Waals surface area contributed by atoms with E-state index in [0.29, 0.717) is 0 Å². The smallest absolute Gasteiger partial charge is 0.0314 e. The van der Waals surface area contributed by atoms with Crippen LogP contribution in [0.15, 0.2) is 0 Å². The molecule has 0 aromatic heterocycles. The van der Waals surface area contributed by atoms with Crippen molar-refractivity contribution in [1.29, 1.82) is 0 Å². The van der Waals surface area contributed by atoms with E-state index < -0.39 is 0 Å². The molecule has 0 unspecified atom stereocenters. The Bertz CT molecular complexity index is 165. The third kappa shape index (κ3) is 20.6. The van der Waals surface area contributed by atoms with Gasteiger partial charge in [0.15, 0.2) is 0 Å². The van der Waals surface area contributed by atoms with Crippen molar-refractivity contribution in [3.05, 3.63) is 0 Å². The summed E-state index contributed by atoms with van der Waals surface area (Å²) in [4.78, 5) is 0. The molecule has 0 nitrogen and oxygen atoms in total. The molecule has 0 saturated carbocycles. The summed E-state index contributed by atoms with van der Waals surface area (Å²) in [7, 11) is 0. The zero-order chi connectivity index (χ0) is 16.1. The quantitative estimate of drug-likeness (QED) is 0.167. The average molecular weight is 349 g/mol. The number of hydrogen-bond donors (Lipinski definition) is 0. The molecule has 2 heteroatoms. The molecule has 0 aliphatic rings. The number of alkyl halides is 1. The van der Waals surface area contributed by atoms with Crippen LogP contribution in [-0.4, -0.2) is 17.4 Å². The first-order valence-corrected chi connectivity index (χ1v) is 11.7. The van der Waals surface area contributed by atoms with Crippen LogP contribution in [0.4, 0.5) is 0 Å². The number of unbranched alkanes of at least 4 members (excludes halogenated alkanes) is 15. The summed E-state index contributed by atoms with van der Waals surface area (Å²) in [6, 6.07) is 0. The molecule has 0 aliphatic heterocycles. The van der Waals surface area contributed by atoms with Gasteiger partial charge in [0.05, 0.1) is 0 Å². The maximum absolute atomic E-state index is 5.66. The molecule has 0 radical (unpaired) electrons. The monoisotopic (exact) mass is 348 g/mol. The molecule has 0 bridgehead atoms. The van der Waals surface area contributed by atoms with E-state index in [-0.39, 0.29) is 0 Å². The van der Waals surface area contributed by atoms with Crippen LogP contribution in [0, 0.1) is 0 Å². The van der Waals surface area contributed by atoms with Crippen molar-refractivity contribution in [2.45, 2.75) is 110 Å². The minimum Gasteiger partial charge on any atom is -0.161 e. The summed E-state index contributed by atoms with van der Waals surface area (Å²) in [6.45, 7) is 2.29. The van der Waals surface area contributed by atoms with E-state index in [9.17, 15) is 0 Å². The van der Waals surface area contributed by atoms with E-state index in [4.69, 9.17) is 11.6 Å². The van der Waals surface area contributed by atoms with E-state index in [1.807, 2.05) is 11.8 Å². The molecule has 0 aromatic carbocycles. The van der Waals surface area contributed by atoms with E-state index in [1.165, 1.54) is 108 Å². The topological polar surface area (TPSA) is 0 Å². The standard InChI is InChI=1S/C20H41ClS/c1-2-3-4-5-6-7-8-9-10-11-12-13-14-15-16-17-19-22-20-18-21/h2-20H2,1H3. The third-order valence-electron chi connectivity index (χ3n) is 4.36. The van der Waals surface area contributed by atoms with Gasteiger partial charge >= 0.3 is 0 Å². The fourth-order valence-electron chi connectivity index (χ4n) is 2.91. The lowest BCUT2D eigenvalue weighted by Crippen LogP contribution is -1.86. The lowest BCUT2D eigenvalue weighted by molar-refractivity contribution is 0.532. The van der Waals surface area contributed by atoms with Gasteiger partial charge in [-0.15, -0.1) is 11.6 Å². The van der Waals surface area contributed by atoms with Gasteiger partial charge in [-0.05, 0) is 12.2 Å². The highest BCUT2D eigenvalue weighted by atomic mass is 35.5. The lowest BCUT2D eigenvalue weighted by Gasteiger charge is -2.03. The second-order valence-corrected chi connectivity index (χ2v) is 8.21. The Morgan fingerprint density at radius 3 is 1.23 bits per heavy atom. The molecule has 0 atom stereocenters. The van der Waals surface area contributed by atoms with Gasteiger partial charge in [-0.2, -0.15) is 11.8 Å². The first-order chi connectivity index (χ1) is 10.9. The Kier molecular flexibility index (Phi) is 22.3. The van der Waals surface area contributed by atoms with Crippen molar-refractivity contribution < 1.29 is 0 Å². The SMILES string of the molecule is CCCCCCCCCCCCCCCCCCSCCCl. The first kappa shape index (κ1) is 22.6. The molecule has 22 heavy (non-hydrogen) atoms.